The predicted octanol–water partition coefficient (Wildman–Crippen LogP) is 3.51. The lowest BCUT2D eigenvalue weighted by atomic mass is 10.1. The number of fused-ring (bicyclic) bond motifs is 1. The average molecular weight is 502 g/mol. The quantitative estimate of drug-likeness (QED) is 0.387. The van der Waals surface area contributed by atoms with E-state index in [-0.39, 0.29) is 28.5 Å². The van der Waals surface area contributed by atoms with Crippen LogP contribution in [0.4, 0.5) is 10.4 Å². The molecule has 4 heterocycles. The fraction of sp³-hybridized carbons (Fsp3) is 0.409. The molecule has 0 spiro atoms. The topological polar surface area (TPSA) is 129 Å². The van der Waals surface area contributed by atoms with Gasteiger partial charge in [0.05, 0.1) is 17.1 Å². The van der Waals surface area contributed by atoms with E-state index in [0.29, 0.717) is 22.9 Å². The summed E-state index contributed by atoms with van der Waals surface area (Å²) in [5, 5.41) is 9.07. The maximum Gasteiger partial charge on any atom is 0.324 e. The largest absolute Gasteiger partial charge is 0.435 e. The van der Waals surface area contributed by atoms with E-state index < -0.39 is 15.7 Å². The van der Waals surface area contributed by atoms with E-state index >= 15 is 0 Å². The summed E-state index contributed by atoms with van der Waals surface area (Å²) in [5.41, 5.74) is 0.571. The lowest BCUT2D eigenvalue weighted by molar-refractivity contribution is 0.346. The number of benzene rings is 1. The molecular formula is C22H24FN7O4S. The summed E-state index contributed by atoms with van der Waals surface area (Å²) < 4.78 is 50.7. The van der Waals surface area contributed by atoms with Crippen LogP contribution < -0.4 is 9.64 Å². The van der Waals surface area contributed by atoms with Gasteiger partial charge in [-0.3, -0.25) is 0 Å². The predicted molar refractivity (Wildman–Crippen MR) is 124 cm³/mol. The summed E-state index contributed by atoms with van der Waals surface area (Å²) in [4.78, 5) is 14.9. The molecule has 3 aromatic heterocycles. The standard InChI is InChI=1S/C22H24FN7O4S/c1-13(2)19-27-22(34-28-19)29-8-6-14(7-9-29)30-20-16(11-26-30)21(25-12-24-20)33-18-5-4-15(10-17(18)23)35(3,31)32/h4-5,10-14H,6-9H2,1-3H3. The Morgan fingerprint density at radius 1 is 1.20 bits per heavy atom. The van der Waals surface area contributed by atoms with Crippen LogP contribution >= 0.6 is 0 Å². The van der Waals surface area contributed by atoms with Gasteiger partial charge in [-0.1, -0.05) is 19.0 Å². The van der Waals surface area contributed by atoms with E-state index in [1.54, 1.807) is 6.20 Å². The number of hydrogen-bond acceptors (Lipinski definition) is 10. The number of aromatic nitrogens is 6. The number of hydrogen-bond donors (Lipinski definition) is 0. The molecule has 0 radical (unpaired) electrons. The Balaban J connectivity index is 1.34. The fourth-order valence-electron chi connectivity index (χ4n) is 3.98. The first-order valence-corrected chi connectivity index (χ1v) is 13.0. The molecule has 35 heavy (non-hydrogen) atoms. The summed E-state index contributed by atoms with van der Waals surface area (Å²) in [6, 6.07) is 4.09. The van der Waals surface area contributed by atoms with Gasteiger partial charge in [-0.15, -0.1) is 0 Å². The van der Waals surface area contributed by atoms with Crippen molar-refractivity contribution in [3.05, 3.63) is 42.4 Å². The van der Waals surface area contributed by atoms with Crippen molar-refractivity contribution in [3.63, 3.8) is 0 Å². The van der Waals surface area contributed by atoms with Gasteiger partial charge in [0.25, 0.3) is 0 Å². The third kappa shape index (κ3) is 4.55. The molecule has 0 amide bonds. The van der Waals surface area contributed by atoms with Crippen LogP contribution in [0.25, 0.3) is 11.0 Å². The maximum atomic E-state index is 14.5. The molecule has 1 aliphatic heterocycles. The second-order valence-electron chi connectivity index (χ2n) is 8.78. The zero-order chi connectivity index (χ0) is 24.7. The van der Waals surface area contributed by atoms with E-state index in [0.717, 1.165) is 38.3 Å². The van der Waals surface area contributed by atoms with Gasteiger partial charge in [-0.25, -0.2) is 27.5 Å². The molecule has 1 aromatic carbocycles. The van der Waals surface area contributed by atoms with Crippen molar-refractivity contribution >= 4 is 26.9 Å². The fourth-order valence-corrected chi connectivity index (χ4v) is 4.61. The van der Waals surface area contributed by atoms with E-state index in [2.05, 4.69) is 30.1 Å². The molecule has 0 saturated carbocycles. The zero-order valence-corrected chi connectivity index (χ0v) is 20.2. The van der Waals surface area contributed by atoms with Gasteiger partial charge in [0.15, 0.2) is 32.9 Å². The van der Waals surface area contributed by atoms with Gasteiger partial charge in [0.1, 0.15) is 11.7 Å². The zero-order valence-electron chi connectivity index (χ0n) is 19.4. The third-order valence-corrected chi connectivity index (χ3v) is 7.03. The summed E-state index contributed by atoms with van der Waals surface area (Å²) in [7, 11) is -3.53. The summed E-state index contributed by atoms with van der Waals surface area (Å²) in [6.07, 6.45) is 5.52. The highest BCUT2D eigenvalue weighted by molar-refractivity contribution is 7.90. The van der Waals surface area contributed by atoms with Crippen molar-refractivity contribution in [2.75, 3.05) is 24.2 Å². The number of piperidine rings is 1. The Hall–Kier alpha value is -3.61. The Morgan fingerprint density at radius 3 is 2.63 bits per heavy atom. The molecule has 184 valence electrons. The lowest BCUT2D eigenvalue weighted by Gasteiger charge is -2.30. The van der Waals surface area contributed by atoms with Crippen molar-refractivity contribution < 1.29 is 22.1 Å². The maximum absolute atomic E-state index is 14.5. The molecule has 0 unspecified atom stereocenters. The van der Waals surface area contributed by atoms with Crippen molar-refractivity contribution in [1.82, 2.24) is 29.9 Å². The Labute approximate surface area is 200 Å². The van der Waals surface area contributed by atoms with E-state index in [1.807, 2.05) is 18.5 Å². The van der Waals surface area contributed by atoms with Crippen molar-refractivity contribution in [3.8, 4) is 11.6 Å². The first kappa shape index (κ1) is 23.1. The van der Waals surface area contributed by atoms with E-state index in [9.17, 15) is 12.8 Å². The van der Waals surface area contributed by atoms with Crippen LogP contribution in [-0.4, -0.2) is 57.7 Å². The summed E-state index contributed by atoms with van der Waals surface area (Å²) in [6.45, 7) is 5.47. The molecule has 1 saturated heterocycles. The van der Waals surface area contributed by atoms with Crippen molar-refractivity contribution in [1.29, 1.82) is 0 Å². The SMILES string of the molecule is CC(C)c1noc(N2CCC(n3ncc4c(Oc5ccc(S(C)(=O)=O)cc5F)ncnc43)CC2)n1. The monoisotopic (exact) mass is 501 g/mol. The average Bonchev–Trinajstić information content (AvgIpc) is 3.48. The normalized spacial score (nSPS) is 15.3. The lowest BCUT2D eigenvalue weighted by Crippen LogP contribution is -2.35. The molecule has 4 aromatic rings. The molecule has 0 N–H and O–H groups in total. The number of nitrogens with zero attached hydrogens (tertiary/aromatic N) is 7. The van der Waals surface area contributed by atoms with Crippen LogP contribution in [0.1, 0.15) is 44.5 Å². The van der Waals surface area contributed by atoms with Crippen LogP contribution in [0.2, 0.25) is 0 Å². The van der Waals surface area contributed by atoms with Gasteiger partial charge in [-0.05, 0) is 31.0 Å². The van der Waals surface area contributed by atoms with Crippen LogP contribution in [-0.2, 0) is 9.84 Å². The smallest absolute Gasteiger partial charge is 0.324 e. The van der Waals surface area contributed by atoms with E-state index in [4.69, 9.17) is 9.26 Å². The minimum Gasteiger partial charge on any atom is -0.435 e. The van der Waals surface area contributed by atoms with Crippen molar-refractivity contribution in [2.45, 2.75) is 43.5 Å². The number of halogens is 1. The highest BCUT2D eigenvalue weighted by Gasteiger charge is 2.27. The summed E-state index contributed by atoms with van der Waals surface area (Å²) >= 11 is 0. The molecule has 0 aliphatic carbocycles. The van der Waals surface area contributed by atoms with Crippen LogP contribution in [0.5, 0.6) is 11.6 Å². The van der Waals surface area contributed by atoms with Gasteiger partial charge in [-0.2, -0.15) is 10.1 Å². The number of anilines is 1. The van der Waals surface area contributed by atoms with Gasteiger partial charge in [0.2, 0.25) is 5.88 Å². The first-order valence-electron chi connectivity index (χ1n) is 11.1. The van der Waals surface area contributed by atoms with Gasteiger partial charge in [0, 0.05) is 25.3 Å². The molecule has 1 aliphatic rings. The molecule has 13 heteroatoms. The minimum atomic E-state index is -3.53. The van der Waals surface area contributed by atoms with Crippen LogP contribution in [0.15, 0.2) is 40.1 Å². The second kappa shape index (κ2) is 8.87. The Morgan fingerprint density at radius 2 is 1.97 bits per heavy atom. The molecule has 0 bridgehead atoms. The Kier molecular flexibility index (Phi) is 5.87. The van der Waals surface area contributed by atoms with Gasteiger partial charge >= 0.3 is 6.01 Å². The van der Waals surface area contributed by atoms with E-state index in [1.165, 1.54) is 18.5 Å². The molecular weight excluding hydrogens is 477 g/mol. The summed E-state index contributed by atoms with van der Waals surface area (Å²) in [5.74, 6) is 0.0751. The van der Waals surface area contributed by atoms with Crippen LogP contribution in [0.3, 0.4) is 0 Å². The number of rotatable bonds is 6. The third-order valence-electron chi connectivity index (χ3n) is 5.92. The first-order chi connectivity index (χ1) is 16.7. The molecule has 11 nitrogen and oxygen atoms in total. The molecule has 0 atom stereocenters. The highest BCUT2D eigenvalue weighted by Crippen LogP contribution is 2.33. The second-order valence-corrected chi connectivity index (χ2v) is 10.8. The number of ether oxygens (including phenoxy) is 1. The Bertz CT molecular complexity index is 1480. The number of sulfone groups is 1. The molecule has 5 rings (SSSR count). The highest BCUT2D eigenvalue weighted by atomic mass is 32.2. The molecule has 1 fully saturated rings. The van der Waals surface area contributed by atoms with Gasteiger partial charge < -0.3 is 14.2 Å². The van der Waals surface area contributed by atoms with Crippen molar-refractivity contribution in [2.24, 2.45) is 0 Å². The van der Waals surface area contributed by atoms with Crippen LogP contribution in [0, 0.1) is 5.82 Å². The minimum absolute atomic E-state index is 0.0878.